The minimum atomic E-state index is 0. The zero-order valence-corrected chi connectivity index (χ0v) is 8.49. The quantitative estimate of drug-likeness (QED) is 0.335. The molecule has 0 nitrogen and oxygen atoms in total. The molecule has 0 radical (unpaired) electrons. The lowest BCUT2D eigenvalue weighted by atomic mass is 28.1. The molecular weight excluding hydrogens is 432 g/mol. The number of hydrogen-bond acceptors (Lipinski definition) is 0. The van der Waals surface area contributed by atoms with Gasteiger partial charge in [-0.3, -0.25) is 0 Å². The SMILES string of the molecule is Br.Br.Br.Br.[SiH4].[SiH4].[SiH4].[SiH4]. The first-order chi connectivity index (χ1) is 0. The molecule has 8 heteroatoms. The van der Waals surface area contributed by atoms with E-state index in [-0.39, 0.29) is 112 Å². The molecule has 0 heterocycles. The van der Waals surface area contributed by atoms with Gasteiger partial charge in [0, 0.05) is 0 Å². The van der Waals surface area contributed by atoms with E-state index in [1.54, 1.807) is 0 Å². The monoisotopic (exact) mass is 448 g/mol. The highest BCUT2D eigenvalue weighted by molar-refractivity contribution is 8.93. The largest absolute Gasteiger partial charge is 0.114 e. The van der Waals surface area contributed by atoms with Crippen LogP contribution in [0.2, 0.25) is 0 Å². The van der Waals surface area contributed by atoms with Crippen LogP contribution in [0.25, 0.3) is 0 Å². The molecule has 0 saturated heterocycles. The molecular formula is H20Br4Si4. The Morgan fingerprint density at radius 2 is 0.250 bits per heavy atom. The molecule has 0 aromatic carbocycles. The van der Waals surface area contributed by atoms with Gasteiger partial charge in [-0.05, 0) is 43.9 Å². The van der Waals surface area contributed by atoms with Gasteiger partial charge < -0.3 is 0 Å². The Labute approximate surface area is 111 Å². The molecule has 0 aliphatic rings. The van der Waals surface area contributed by atoms with Crippen LogP contribution in [0.1, 0.15) is 0 Å². The molecule has 0 spiro atoms. The summed E-state index contributed by atoms with van der Waals surface area (Å²) in [7, 11) is 0. The van der Waals surface area contributed by atoms with Gasteiger partial charge in [0.05, 0.1) is 0 Å². The lowest BCUT2D eigenvalue weighted by Crippen LogP contribution is -0.382. The lowest BCUT2D eigenvalue weighted by molar-refractivity contribution is 5.75. The van der Waals surface area contributed by atoms with Crippen LogP contribution in [0.3, 0.4) is 0 Å². The third kappa shape index (κ3) is 68.6. The third-order valence-corrected chi connectivity index (χ3v) is 0. The third-order valence-electron chi connectivity index (χ3n) is 0. The highest BCUT2D eigenvalue weighted by atomic mass is 79.9. The Morgan fingerprint density at radius 3 is 0.250 bits per heavy atom. The number of hydrogen-bond donors (Lipinski definition) is 0. The van der Waals surface area contributed by atoms with Crippen molar-refractivity contribution in [2.45, 2.75) is 0 Å². The van der Waals surface area contributed by atoms with Gasteiger partial charge in [-0.1, -0.05) is 0 Å². The van der Waals surface area contributed by atoms with Gasteiger partial charge in [-0.15, -0.1) is 67.9 Å². The lowest BCUT2D eigenvalue weighted by Gasteiger charge is -0.115. The Bertz CT molecular complexity index is 8.00. The Kier molecular flexibility index (Phi) is 1620. The molecule has 0 rings (SSSR count). The number of halogens is 4. The van der Waals surface area contributed by atoms with E-state index >= 15 is 0 Å². The van der Waals surface area contributed by atoms with E-state index in [1.165, 1.54) is 0 Å². The Balaban J connectivity index is 0. The van der Waals surface area contributed by atoms with Crippen molar-refractivity contribution in [2.24, 2.45) is 0 Å². The summed E-state index contributed by atoms with van der Waals surface area (Å²) in [5.74, 6) is 0. The van der Waals surface area contributed by atoms with Crippen molar-refractivity contribution in [3.8, 4) is 0 Å². The predicted octanol–water partition coefficient (Wildman–Crippen LogP) is -3.49. The first-order valence-electron chi connectivity index (χ1n) is 0. The highest BCUT2D eigenvalue weighted by Crippen LogP contribution is 0.849. The van der Waals surface area contributed by atoms with Crippen LogP contribution < -0.4 is 0 Å². The summed E-state index contributed by atoms with van der Waals surface area (Å²) in [5.41, 5.74) is 0. The average molecular weight is 452 g/mol. The first kappa shape index (κ1) is 133. The zero-order chi connectivity index (χ0) is 0. The molecule has 0 N–H and O–H groups in total. The van der Waals surface area contributed by atoms with E-state index < -0.39 is 0 Å². The van der Waals surface area contributed by atoms with E-state index in [0.717, 1.165) is 0 Å². The van der Waals surface area contributed by atoms with E-state index in [0.29, 0.717) is 0 Å². The van der Waals surface area contributed by atoms with Crippen molar-refractivity contribution in [1.82, 2.24) is 0 Å². The van der Waals surface area contributed by atoms with Crippen LogP contribution >= 0.6 is 67.9 Å². The molecule has 0 atom stereocenters. The molecule has 0 aromatic heterocycles. The fourth-order valence-corrected chi connectivity index (χ4v) is 0. The molecule has 0 bridgehead atoms. The predicted molar refractivity (Wildman–Crippen MR) is 86.6 cm³/mol. The fraction of sp³-hybridized carbons (Fsp3) is 0. The summed E-state index contributed by atoms with van der Waals surface area (Å²) in [5, 5.41) is 0. The topological polar surface area (TPSA) is 0 Å². The summed E-state index contributed by atoms with van der Waals surface area (Å²) < 4.78 is 0. The number of rotatable bonds is 0. The second-order valence-electron chi connectivity index (χ2n) is 0. The molecule has 0 amide bonds. The van der Waals surface area contributed by atoms with Crippen molar-refractivity contribution in [3.05, 3.63) is 0 Å². The summed E-state index contributed by atoms with van der Waals surface area (Å²) in [6, 6.07) is 0. The Morgan fingerprint density at radius 1 is 0.250 bits per heavy atom. The summed E-state index contributed by atoms with van der Waals surface area (Å²) in [6.07, 6.45) is 0. The van der Waals surface area contributed by atoms with E-state index in [9.17, 15) is 0 Å². The molecule has 0 aliphatic heterocycles. The fourth-order valence-electron chi connectivity index (χ4n) is 0. The van der Waals surface area contributed by atoms with Gasteiger partial charge in [0.1, 0.15) is 0 Å². The normalized spacial score (nSPS) is 0. The van der Waals surface area contributed by atoms with Crippen molar-refractivity contribution in [1.29, 1.82) is 0 Å². The van der Waals surface area contributed by atoms with Crippen molar-refractivity contribution < 1.29 is 0 Å². The van der Waals surface area contributed by atoms with Crippen LogP contribution in [0, 0.1) is 0 Å². The molecule has 0 aromatic rings. The van der Waals surface area contributed by atoms with Crippen LogP contribution in [-0.4, -0.2) is 43.9 Å². The maximum Gasteiger partial charge on any atom is -0.0149 e. The van der Waals surface area contributed by atoms with E-state index in [1.807, 2.05) is 0 Å². The maximum absolute atomic E-state index is 0. The van der Waals surface area contributed by atoms with Crippen molar-refractivity contribution >= 4 is 112 Å². The average Bonchev–Trinajstić information content (AvgIpc) is 0. The van der Waals surface area contributed by atoms with Crippen LogP contribution in [0.15, 0.2) is 0 Å². The Hall–Kier alpha value is 2.79. The van der Waals surface area contributed by atoms with Crippen LogP contribution in [0.5, 0.6) is 0 Å². The van der Waals surface area contributed by atoms with Gasteiger partial charge in [0.2, 0.25) is 0 Å². The van der Waals surface area contributed by atoms with Gasteiger partial charge in [0.15, 0.2) is 0 Å². The zero-order valence-electron chi connectivity index (χ0n) is 1.63. The molecule has 0 saturated carbocycles. The second kappa shape index (κ2) is 97.3. The molecule has 0 aliphatic carbocycles. The van der Waals surface area contributed by atoms with Crippen molar-refractivity contribution in [2.75, 3.05) is 0 Å². The van der Waals surface area contributed by atoms with Gasteiger partial charge >= 0.3 is 0 Å². The van der Waals surface area contributed by atoms with E-state index in [4.69, 9.17) is 0 Å². The van der Waals surface area contributed by atoms with Gasteiger partial charge in [-0.25, -0.2) is 0 Å². The summed E-state index contributed by atoms with van der Waals surface area (Å²) >= 11 is 0. The standard InChI is InChI=1S/4BrH.4H4Si/h4*1H;4*1H4. The molecule has 0 unspecified atom stereocenters. The van der Waals surface area contributed by atoms with E-state index in [2.05, 4.69) is 0 Å². The maximum atomic E-state index is 0. The minimum Gasteiger partial charge on any atom is -0.114 e. The van der Waals surface area contributed by atoms with Crippen molar-refractivity contribution in [3.63, 3.8) is 0 Å². The molecule has 64 valence electrons. The summed E-state index contributed by atoms with van der Waals surface area (Å²) in [6.45, 7) is 0. The highest BCUT2D eigenvalue weighted by Gasteiger charge is -0.0117. The molecule has 8 heavy (non-hydrogen) atoms. The minimum absolute atomic E-state index is 0. The first-order valence-corrected chi connectivity index (χ1v) is 0. The smallest absolute Gasteiger partial charge is 0.0149 e. The van der Waals surface area contributed by atoms with Crippen LogP contribution in [0.4, 0.5) is 0 Å². The second-order valence-corrected chi connectivity index (χ2v) is 0. The van der Waals surface area contributed by atoms with Gasteiger partial charge in [-0.2, -0.15) is 0 Å². The van der Waals surface area contributed by atoms with Crippen LogP contribution in [-0.2, 0) is 0 Å². The van der Waals surface area contributed by atoms with Gasteiger partial charge in [0.25, 0.3) is 0 Å². The summed E-state index contributed by atoms with van der Waals surface area (Å²) in [4.78, 5) is 0. The molecule has 0 fully saturated rings.